The van der Waals surface area contributed by atoms with Gasteiger partial charge in [-0.1, -0.05) is 17.7 Å². The van der Waals surface area contributed by atoms with Crippen LogP contribution in [-0.2, 0) is 16.1 Å². The Morgan fingerprint density at radius 3 is 2.22 bits per heavy atom. The Hall–Kier alpha value is -3.23. The van der Waals surface area contributed by atoms with Crippen molar-refractivity contribution in [3.63, 3.8) is 0 Å². The highest BCUT2D eigenvalue weighted by Crippen LogP contribution is 2.22. The summed E-state index contributed by atoms with van der Waals surface area (Å²) in [6, 6.07) is 3.94. The minimum Gasteiger partial charge on any atom is -0.345 e. The average molecular weight is 373 g/mol. The number of carbonyl (C=O) groups excluding carboxylic acids is 2. The maximum absolute atomic E-state index is 12.1. The van der Waals surface area contributed by atoms with Gasteiger partial charge in [0.15, 0.2) is 0 Å². The van der Waals surface area contributed by atoms with Gasteiger partial charge in [-0.3, -0.25) is 24.4 Å². The second-order valence-electron chi connectivity index (χ2n) is 6.53. The molecule has 0 saturated heterocycles. The normalized spacial score (nSPS) is 10.6. The zero-order valence-corrected chi connectivity index (χ0v) is 16.0. The van der Waals surface area contributed by atoms with E-state index >= 15 is 0 Å². The van der Waals surface area contributed by atoms with Crippen LogP contribution in [-0.4, -0.2) is 33.1 Å². The quantitative estimate of drug-likeness (QED) is 0.593. The highest BCUT2D eigenvalue weighted by Gasteiger charge is 2.22. The van der Waals surface area contributed by atoms with Gasteiger partial charge in [0.1, 0.15) is 17.9 Å². The number of aromatic nitrogens is 2. The van der Waals surface area contributed by atoms with E-state index in [0.717, 1.165) is 22.4 Å². The lowest BCUT2D eigenvalue weighted by atomic mass is 10.1. The summed E-state index contributed by atoms with van der Waals surface area (Å²) in [5.74, 6) is -0.805. The third-order valence-electron chi connectivity index (χ3n) is 4.21. The second kappa shape index (κ2) is 7.98. The maximum atomic E-state index is 12.1. The van der Waals surface area contributed by atoms with E-state index in [1.54, 1.807) is 0 Å². The summed E-state index contributed by atoms with van der Waals surface area (Å²) in [7, 11) is 0. The number of hydrogen-bond donors (Lipinski definition) is 2. The molecule has 0 fully saturated rings. The number of benzene rings is 1. The zero-order chi connectivity index (χ0) is 20.3. The van der Waals surface area contributed by atoms with Crippen molar-refractivity contribution in [1.82, 2.24) is 15.1 Å². The van der Waals surface area contributed by atoms with E-state index in [1.165, 1.54) is 18.5 Å². The number of nitrogens with one attached hydrogen (secondary N) is 2. The first-order valence-corrected chi connectivity index (χ1v) is 8.43. The molecule has 0 aliphatic carbocycles. The van der Waals surface area contributed by atoms with E-state index in [1.807, 2.05) is 32.9 Å². The van der Waals surface area contributed by atoms with E-state index in [2.05, 4.69) is 15.7 Å². The van der Waals surface area contributed by atoms with E-state index in [0.29, 0.717) is 5.69 Å². The molecule has 0 saturated carbocycles. The number of carbonyl (C=O) groups is 2. The van der Waals surface area contributed by atoms with Gasteiger partial charge in [-0.25, -0.2) is 0 Å². The van der Waals surface area contributed by atoms with Crippen LogP contribution in [0.4, 0.5) is 11.4 Å². The number of nitrogens with zero attached hydrogens (tertiary/aromatic N) is 3. The molecule has 1 heterocycles. The van der Waals surface area contributed by atoms with Gasteiger partial charge in [0, 0.05) is 5.69 Å². The van der Waals surface area contributed by atoms with Crippen LogP contribution in [0.2, 0.25) is 0 Å². The van der Waals surface area contributed by atoms with Gasteiger partial charge in [-0.15, -0.1) is 0 Å². The molecule has 0 spiro atoms. The predicted octanol–water partition coefficient (Wildman–Crippen LogP) is 2.09. The first-order valence-electron chi connectivity index (χ1n) is 8.43. The average Bonchev–Trinajstić information content (AvgIpc) is 2.82. The number of anilines is 1. The van der Waals surface area contributed by atoms with Crippen LogP contribution < -0.4 is 10.6 Å². The molecule has 1 aromatic carbocycles. The molecule has 1 aromatic heterocycles. The lowest BCUT2D eigenvalue weighted by molar-refractivity contribution is -0.386. The van der Waals surface area contributed by atoms with Crippen molar-refractivity contribution in [1.29, 1.82) is 0 Å². The van der Waals surface area contributed by atoms with Gasteiger partial charge in [-0.2, -0.15) is 5.10 Å². The Morgan fingerprint density at radius 2 is 1.70 bits per heavy atom. The summed E-state index contributed by atoms with van der Waals surface area (Å²) in [5.41, 5.74) is 4.16. The first kappa shape index (κ1) is 20.1. The topological polar surface area (TPSA) is 119 Å². The van der Waals surface area contributed by atoms with Crippen LogP contribution in [0.15, 0.2) is 12.1 Å². The Labute approximate surface area is 156 Å². The fourth-order valence-corrected chi connectivity index (χ4v) is 3.04. The van der Waals surface area contributed by atoms with Crippen LogP contribution in [0.3, 0.4) is 0 Å². The molecule has 144 valence electrons. The smallest absolute Gasteiger partial charge is 0.312 e. The SMILES string of the molecule is Cc1cc(C)c(NC(=O)CNC(=O)Cn2nc(C)c([N+](=O)[O-])c2C)c(C)c1. The Morgan fingerprint density at radius 1 is 1.11 bits per heavy atom. The molecule has 27 heavy (non-hydrogen) atoms. The molecule has 2 aromatic rings. The molecule has 0 atom stereocenters. The van der Waals surface area contributed by atoms with Crippen molar-refractivity contribution in [2.75, 3.05) is 11.9 Å². The largest absolute Gasteiger partial charge is 0.345 e. The predicted molar refractivity (Wildman–Crippen MR) is 101 cm³/mol. The Balaban J connectivity index is 1.95. The Kier molecular flexibility index (Phi) is 5.94. The highest BCUT2D eigenvalue weighted by atomic mass is 16.6. The van der Waals surface area contributed by atoms with Crippen LogP contribution >= 0.6 is 0 Å². The molecular weight excluding hydrogens is 350 g/mol. The number of aryl methyl sites for hydroxylation is 4. The van der Waals surface area contributed by atoms with E-state index in [-0.39, 0.29) is 30.4 Å². The monoisotopic (exact) mass is 373 g/mol. The summed E-state index contributed by atoms with van der Waals surface area (Å²) in [5, 5.41) is 20.3. The molecule has 0 unspecified atom stereocenters. The molecule has 2 rings (SSSR count). The Bertz CT molecular complexity index is 894. The van der Waals surface area contributed by atoms with E-state index < -0.39 is 10.8 Å². The van der Waals surface area contributed by atoms with Crippen molar-refractivity contribution in [2.24, 2.45) is 0 Å². The summed E-state index contributed by atoms with van der Waals surface area (Å²) >= 11 is 0. The van der Waals surface area contributed by atoms with E-state index in [9.17, 15) is 19.7 Å². The summed E-state index contributed by atoms with van der Waals surface area (Å²) in [6.45, 7) is 8.44. The lowest BCUT2D eigenvalue weighted by Crippen LogP contribution is -2.35. The van der Waals surface area contributed by atoms with E-state index in [4.69, 9.17) is 0 Å². The minimum absolute atomic E-state index is 0.106. The van der Waals surface area contributed by atoms with Crippen molar-refractivity contribution in [2.45, 2.75) is 41.2 Å². The summed E-state index contributed by atoms with van der Waals surface area (Å²) in [4.78, 5) is 34.7. The molecule has 0 radical (unpaired) electrons. The standard InChI is InChI=1S/C18H23N5O4/c1-10-6-11(2)17(12(3)7-10)20-15(24)8-19-16(25)9-22-14(5)18(23(26)27)13(4)21-22/h6-7H,8-9H2,1-5H3,(H,19,25)(H,20,24). The van der Waals surface area contributed by atoms with Gasteiger partial charge < -0.3 is 10.6 Å². The van der Waals surface area contributed by atoms with Crippen molar-refractivity contribution >= 4 is 23.2 Å². The lowest BCUT2D eigenvalue weighted by Gasteiger charge is -2.13. The summed E-state index contributed by atoms with van der Waals surface area (Å²) < 4.78 is 1.26. The molecule has 9 nitrogen and oxygen atoms in total. The fourth-order valence-electron chi connectivity index (χ4n) is 3.04. The van der Waals surface area contributed by atoms with Gasteiger partial charge in [0.2, 0.25) is 11.8 Å². The number of rotatable bonds is 6. The van der Waals surface area contributed by atoms with Gasteiger partial charge in [0.25, 0.3) is 0 Å². The molecule has 0 aliphatic heterocycles. The van der Waals surface area contributed by atoms with Crippen molar-refractivity contribution in [3.8, 4) is 0 Å². The maximum Gasteiger partial charge on any atom is 0.312 e. The number of amides is 2. The fraction of sp³-hybridized carbons (Fsp3) is 0.389. The molecule has 2 N–H and O–H groups in total. The number of nitro groups is 1. The van der Waals surface area contributed by atoms with Crippen LogP contribution in [0.1, 0.15) is 28.1 Å². The summed E-state index contributed by atoms with van der Waals surface area (Å²) in [6.07, 6.45) is 0. The molecular formula is C18H23N5O4. The third kappa shape index (κ3) is 4.69. The van der Waals surface area contributed by atoms with Crippen LogP contribution in [0.25, 0.3) is 0 Å². The molecule has 0 aliphatic rings. The zero-order valence-electron chi connectivity index (χ0n) is 16.0. The van der Waals surface area contributed by atoms with Gasteiger partial charge in [-0.05, 0) is 45.7 Å². The highest BCUT2D eigenvalue weighted by molar-refractivity contribution is 5.95. The van der Waals surface area contributed by atoms with Gasteiger partial charge >= 0.3 is 5.69 Å². The first-order chi connectivity index (χ1) is 12.6. The van der Waals surface area contributed by atoms with Crippen LogP contribution in [0.5, 0.6) is 0 Å². The number of hydrogen-bond acceptors (Lipinski definition) is 5. The molecule has 2 amide bonds. The molecule has 0 bridgehead atoms. The minimum atomic E-state index is -0.522. The third-order valence-corrected chi connectivity index (χ3v) is 4.21. The van der Waals surface area contributed by atoms with Crippen LogP contribution in [0, 0.1) is 44.7 Å². The second-order valence-corrected chi connectivity index (χ2v) is 6.53. The van der Waals surface area contributed by atoms with Crippen molar-refractivity contribution in [3.05, 3.63) is 50.3 Å². The van der Waals surface area contributed by atoms with Crippen molar-refractivity contribution < 1.29 is 14.5 Å². The van der Waals surface area contributed by atoms with Gasteiger partial charge in [0.05, 0.1) is 11.5 Å². The molecule has 9 heteroatoms.